The highest BCUT2D eigenvalue weighted by Crippen LogP contribution is 2.34. The normalized spacial score (nSPS) is 10.5. The molecule has 4 rings (SSSR count). The van der Waals surface area contributed by atoms with Gasteiger partial charge in [0.25, 0.3) is 0 Å². The third-order valence-electron chi connectivity index (χ3n) is 4.55. The van der Waals surface area contributed by atoms with Gasteiger partial charge < -0.3 is 5.11 Å². The van der Waals surface area contributed by atoms with Gasteiger partial charge in [-0.15, -0.1) is 0 Å². The van der Waals surface area contributed by atoms with Crippen molar-refractivity contribution in [1.29, 1.82) is 0 Å². The second-order valence-corrected chi connectivity index (χ2v) is 11.7. The zero-order chi connectivity index (χ0) is 21.0. The summed E-state index contributed by atoms with van der Waals surface area (Å²) in [5, 5.41) is 14.7. The SMILES string of the molecule is OCP(c1ccccc1)c1ccccc1.SCP(c1ccccc1)c1ccccc1. The molecule has 0 amide bonds. The Morgan fingerprint density at radius 3 is 0.967 bits per heavy atom. The predicted octanol–water partition coefficient (Wildman–Crippen LogP) is 5.08. The highest BCUT2D eigenvalue weighted by Gasteiger charge is 2.11. The minimum absolute atomic E-state index is 0.212. The first-order valence-corrected chi connectivity index (χ1v) is 13.5. The fraction of sp³-hybridized carbons (Fsp3) is 0.0769. The summed E-state index contributed by atoms with van der Waals surface area (Å²) in [6.07, 6.45) is 0.212. The second-order valence-electron chi connectivity index (χ2n) is 6.48. The van der Waals surface area contributed by atoms with Crippen molar-refractivity contribution in [1.82, 2.24) is 0 Å². The Balaban J connectivity index is 0.000000171. The summed E-state index contributed by atoms with van der Waals surface area (Å²) in [7, 11) is -0.878. The maximum atomic E-state index is 9.46. The van der Waals surface area contributed by atoms with Gasteiger partial charge in [0.2, 0.25) is 0 Å². The number of hydrogen-bond acceptors (Lipinski definition) is 2. The molecule has 1 nitrogen and oxygen atoms in total. The molecule has 0 aliphatic heterocycles. The molecule has 0 saturated carbocycles. The van der Waals surface area contributed by atoms with Gasteiger partial charge in [0.15, 0.2) is 0 Å². The lowest BCUT2D eigenvalue weighted by Gasteiger charge is -2.15. The molecular formula is C26H26OP2S. The van der Waals surface area contributed by atoms with E-state index in [0.29, 0.717) is 0 Å². The second kappa shape index (κ2) is 12.7. The van der Waals surface area contributed by atoms with Gasteiger partial charge in [0, 0.05) is 5.49 Å². The van der Waals surface area contributed by atoms with Crippen LogP contribution in [0.1, 0.15) is 0 Å². The molecule has 0 radical (unpaired) electrons. The lowest BCUT2D eigenvalue weighted by Crippen LogP contribution is -2.13. The van der Waals surface area contributed by atoms with E-state index in [1.807, 2.05) is 36.4 Å². The first-order valence-electron chi connectivity index (χ1n) is 9.80. The topological polar surface area (TPSA) is 20.2 Å². The molecule has 0 aliphatic carbocycles. The third-order valence-corrected chi connectivity index (χ3v) is 9.65. The molecule has 152 valence electrons. The molecule has 0 bridgehead atoms. The van der Waals surface area contributed by atoms with E-state index in [2.05, 4.69) is 97.6 Å². The van der Waals surface area contributed by atoms with Crippen LogP contribution in [0.5, 0.6) is 0 Å². The van der Waals surface area contributed by atoms with E-state index in [1.54, 1.807) is 0 Å². The smallest absolute Gasteiger partial charge is 0.0707 e. The summed E-state index contributed by atoms with van der Waals surface area (Å²) in [6, 6.07) is 41.6. The van der Waals surface area contributed by atoms with E-state index in [-0.39, 0.29) is 14.3 Å². The van der Waals surface area contributed by atoms with Gasteiger partial charge in [-0.1, -0.05) is 121 Å². The Morgan fingerprint density at radius 1 is 0.467 bits per heavy atom. The monoisotopic (exact) mass is 448 g/mol. The largest absolute Gasteiger partial charge is 0.391 e. The molecular weight excluding hydrogens is 422 g/mol. The summed E-state index contributed by atoms with van der Waals surface area (Å²) >= 11 is 4.47. The van der Waals surface area contributed by atoms with Gasteiger partial charge in [0.1, 0.15) is 0 Å². The van der Waals surface area contributed by atoms with Gasteiger partial charge in [-0.25, -0.2) is 0 Å². The average molecular weight is 449 g/mol. The van der Waals surface area contributed by atoms with Crippen molar-refractivity contribution >= 4 is 49.7 Å². The molecule has 30 heavy (non-hydrogen) atoms. The van der Waals surface area contributed by atoms with Crippen LogP contribution in [-0.2, 0) is 0 Å². The molecule has 0 saturated heterocycles. The summed E-state index contributed by atoms with van der Waals surface area (Å²) in [4.78, 5) is 0. The van der Waals surface area contributed by atoms with Crippen LogP contribution >= 0.6 is 28.5 Å². The molecule has 0 spiro atoms. The Labute approximate surface area is 187 Å². The highest BCUT2D eigenvalue weighted by molar-refractivity contribution is 7.93. The predicted molar refractivity (Wildman–Crippen MR) is 139 cm³/mol. The first kappa shape index (κ1) is 22.7. The molecule has 0 heterocycles. The Morgan fingerprint density at radius 2 is 0.733 bits per heavy atom. The molecule has 4 heteroatoms. The molecule has 0 aliphatic rings. The fourth-order valence-electron chi connectivity index (χ4n) is 3.06. The maximum absolute atomic E-state index is 9.46. The van der Waals surface area contributed by atoms with Crippen LogP contribution in [0.25, 0.3) is 0 Å². The van der Waals surface area contributed by atoms with Gasteiger partial charge in [-0.05, 0) is 37.1 Å². The van der Waals surface area contributed by atoms with Crippen molar-refractivity contribution in [3.05, 3.63) is 121 Å². The number of benzene rings is 4. The summed E-state index contributed by atoms with van der Waals surface area (Å²) < 4.78 is 0. The van der Waals surface area contributed by atoms with E-state index in [4.69, 9.17) is 0 Å². The molecule has 0 aromatic heterocycles. The fourth-order valence-corrected chi connectivity index (χ4v) is 7.41. The average Bonchev–Trinajstić information content (AvgIpc) is 2.83. The van der Waals surface area contributed by atoms with Gasteiger partial charge in [-0.2, -0.15) is 12.6 Å². The quantitative estimate of drug-likeness (QED) is 0.312. The standard InChI is InChI=1S/C13H13OP.C13H13PS/c14-11-15(12-7-3-1-4-8-12)13-9-5-2-6-10-13;15-11-14(12-7-3-1-4-8-12)13-9-5-2-6-10-13/h1-10,14H,11H2;1-10,15H,11H2. The molecule has 0 unspecified atom stereocenters. The maximum Gasteiger partial charge on any atom is 0.0707 e. The van der Waals surface area contributed by atoms with Crippen molar-refractivity contribution < 1.29 is 5.11 Å². The van der Waals surface area contributed by atoms with Gasteiger partial charge in [0.05, 0.1) is 6.35 Å². The third kappa shape index (κ3) is 6.53. The number of rotatable bonds is 6. The van der Waals surface area contributed by atoms with E-state index in [9.17, 15) is 5.11 Å². The lowest BCUT2D eigenvalue weighted by atomic mass is 10.4. The van der Waals surface area contributed by atoms with Crippen molar-refractivity contribution in [2.75, 3.05) is 11.8 Å². The van der Waals surface area contributed by atoms with E-state index < -0.39 is 7.92 Å². The minimum Gasteiger partial charge on any atom is -0.391 e. The lowest BCUT2D eigenvalue weighted by molar-refractivity contribution is 0.372. The molecule has 1 N–H and O–H groups in total. The Hall–Kier alpha value is -1.95. The molecule has 4 aromatic carbocycles. The Kier molecular flexibility index (Phi) is 9.61. The van der Waals surface area contributed by atoms with Crippen molar-refractivity contribution in [3.63, 3.8) is 0 Å². The zero-order valence-electron chi connectivity index (χ0n) is 16.8. The van der Waals surface area contributed by atoms with Crippen LogP contribution in [0.15, 0.2) is 121 Å². The highest BCUT2D eigenvalue weighted by atomic mass is 32.1. The van der Waals surface area contributed by atoms with E-state index in [1.165, 1.54) is 21.2 Å². The van der Waals surface area contributed by atoms with Gasteiger partial charge >= 0.3 is 0 Å². The van der Waals surface area contributed by atoms with Crippen LogP contribution in [-0.4, -0.2) is 16.9 Å². The number of thiol groups is 1. The summed E-state index contributed by atoms with van der Waals surface area (Å²) in [5.41, 5.74) is 0.906. The van der Waals surface area contributed by atoms with E-state index >= 15 is 0 Å². The summed E-state index contributed by atoms with van der Waals surface area (Å²) in [5.74, 6) is 0. The van der Waals surface area contributed by atoms with Crippen LogP contribution < -0.4 is 21.2 Å². The Bertz CT molecular complexity index is 805. The number of aliphatic hydroxyl groups is 1. The van der Waals surface area contributed by atoms with Crippen LogP contribution in [0, 0.1) is 0 Å². The van der Waals surface area contributed by atoms with Gasteiger partial charge in [-0.3, -0.25) is 0 Å². The minimum atomic E-state index is -0.593. The molecule has 4 aromatic rings. The number of aliphatic hydroxyl groups excluding tert-OH is 1. The van der Waals surface area contributed by atoms with E-state index in [0.717, 1.165) is 5.49 Å². The van der Waals surface area contributed by atoms with Crippen LogP contribution in [0.4, 0.5) is 0 Å². The van der Waals surface area contributed by atoms with Crippen LogP contribution in [0.3, 0.4) is 0 Å². The van der Waals surface area contributed by atoms with Crippen molar-refractivity contribution in [2.45, 2.75) is 0 Å². The van der Waals surface area contributed by atoms with Crippen molar-refractivity contribution in [2.24, 2.45) is 0 Å². The number of hydrogen-bond donors (Lipinski definition) is 2. The first-order chi connectivity index (χ1) is 14.8. The zero-order valence-corrected chi connectivity index (χ0v) is 19.4. The molecule has 0 atom stereocenters. The van der Waals surface area contributed by atoms with Crippen molar-refractivity contribution in [3.8, 4) is 0 Å². The molecule has 0 fully saturated rings. The summed E-state index contributed by atoms with van der Waals surface area (Å²) in [6.45, 7) is 0. The van der Waals surface area contributed by atoms with Crippen LogP contribution in [0.2, 0.25) is 0 Å².